The van der Waals surface area contributed by atoms with E-state index in [9.17, 15) is 24.0 Å². The van der Waals surface area contributed by atoms with Crippen molar-refractivity contribution >= 4 is 47.4 Å². The van der Waals surface area contributed by atoms with E-state index in [1.54, 1.807) is 6.26 Å². The maximum atomic E-state index is 12.1. The predicted molar refractivity (Wildman–Crippen MR) is 100 cm³/mol. The largest absolute Gasteiger partial charge is 0.481 e. The Labute approximate surface area is 168 Å². The lowest BCUT2D eigenvalue weighted by Gasteiger charge is -2.21. The van der Waals surface area contributed by atoms with Crippen LogP contribution in [-0.4, -0.2) is 70.9 Å². The van der Waals surface area contributed by atoms with Crippen LogP contribution in [0.15, 0.2) is 0 Å². The number of amides is 3. The molecule has 4 N–H and O–H groups in total. The highest BCUT2D eigenvalue weighted by molar-refractivity contribution is 7.98. The van der Waals surface area contributed by atoms with Crippen molar-refractivity contribution < 1.29 is 40.0 Å². The minimum absolute atomic E-state index is 0.250. The maximum Gasteiger partial charge on any atom is 0.373 e. The highest BCUT2D eigenvalue weighted by Gasteiger charge is 2.26. The third kappa shape index (κ3) is 14.4. The summed E-state index contributed by atoms with van der Waals surface area (Å²) in [5.74, 6) is -3.00. The highest BCUT2D eigenvalue weighted by Crippen LogP contribution is 2.00. The summed E-state index contributed by atoms with van der Waals surface area (Å²) in [4.78, 5) is 73.5. The Balaban J connectivity index is -0.00000123. The summed E-state index contributed by atoms with van der Waals surface area (Å²) in [6, 6.07) is -2.95. The van der Waals surface area contributed by atoms with Crippen molar-refractivity contribution in [2.45, 2.75) is 52.7 Å². The average Bonchev–Trinajstić information content (AvgIpc) is 2.62. The predicted octanol–water partition coefficient (Wildman–Crippen LogP) is -1.04. The number of hydrogen-bond donors (Lipinski definition) is 4. The van der Waals surface area contributed by atoms with Crippen molar-refractivity contribution in [2.75, 3.05) is 12.0 Å². The zero-order valence-corrected chi connectivity index (χ0v) is 17.2. The number of carboxylic acids is 1. The van der Waals surface area contributed by atoms with Crippen LogP contribution in [0.5, 0.6) is 0 Å². The first kappa shape index (κ1) is 27.5. The number of thioether (sulfide) groups is 1. The van der Waals surface area contributed by atoms with E-state index in [0.29, 0.717) is 5.75 Å². The van der Waals surface area contributed by atoms with Crippen LogP contribution in [-0.2, 0) is 33.6 Å². The second kappa shape index (κ2) is 16.5. The van der Waals surface area contributed by atoms with Gasteiger partial charge in [0.15, 0.2) is 5.78 Å². The van der Waals surface area contributed by atoms with Gasteiger partial charge in [-0.2, -0.15) is 21.4 Å². The van der Waals surface area contributed by atoms with E-state index in [-0.39, 0.29) is 12.1 Å². The van der Waals surface area contributed by atoms with Gasteiger partial charge in [0.25, 0.3) is 0 Å². The van der Waals surface area contributed by atoms with E-state index in [2.05, 4.69) is 16.0 Å². The molecular formula is C16H27N3O8S. The summed E-state index contributed by atoms with van der Waals surface area (Å²) in [5.41, 5.74) is 0. The smallest absolute Gasteiger partial charge is 0.373 e. The molecule has 28 heavy (non-hydrogen) atoms. The molecule has 0 saturated carbocycles. The lowest BCUT2D eigenvalue weighted by Crippen LogP contribution is -2.55. The molecule has 3 amide bonds. The van der Waals surface area contributed by atoms with Gasteiger partial charge in [-0.1, -0.05) is 7.40 Å². The fourth-order valence-corrected chi connectivity index (χ4v) is 2.31. The first-order valence-electron chi connectivity index (χ1n) is 8.58. The van der Waals surface area contributed by atoms with Crippen molar-refractivity contribution in [3.05, 3.63) is 0 Å². The molecule has 0 bridgehead atoms. The summed E-state index contributed by atoms with van der Waals surface area (Å²) in [6.07, 6.45) is 1.48. The van der Waals surface area contributed by atoms with Gasteiger partial charge in [0.1, 0.15) is 12.1 Å². The maximum absolute atomic E-state index is 12.1. The first-order valence-corrected chi connectivity index (χ1v) is 8.97. The lowest BCUT2D eigenvalue weighted by atomic mass is 10.1. The molecular weight excluding hydrogens is 394 g/mol. The SMILES string of the molecule is CSC[C@H](NC(C)=O)C(=O)N[C@@H](C)C(=O)N[C@@H](CC(=O)O)C(C)=O.O=C=O.[2H]C. The van der Waals surface area contributed by atoms with Gasteiger partial charge in [-0.25, -0.2) is 0 Å². The Bertz CT molecular complexity index is 597. The third-order valence-electron chi connectivity index (χ3n) is 2.97. The number of carbonyl (C=O) groups excluding carboxylic acids is 6. The van der Waals surface area contributed by atoms with Crippen LogP contribution in [0.4, 0.5) is 0 Å². The quantitative estimate of drug-likeness (QED) is 0.342. The Morgan fingerprint density at radius 2 is 1.54 bits per heavy atom. The van der Waals surface area contributed by atoms with Crippen molar-refractivity contribution in [1.29, 1.82) is 0 Å². The molecule has 0 rings (SSSR count). The molecule has 11 nitrogen and oxygen atoms in total. The molecule has 0 unspecified atom stereocenters. The number of aliphatic carboxylic acids is 1. The number of rotatable bonds is 10. The van der Waals surface area contributed by atoms with Crippen LogP contribution >= 0.6 is 11.8 Å². The van der Waals surface area contributed by atoms with Gasteiger partial charge in [-0.15, -0.1) is 0 Å². The van der Waals surface area contributed by atoms with Crippen molar-refractivity contribution in [2.24, 2.45) is 0 Å². The topological polar surface area (TPSA) is 176 Å². The number of carboxylic acid groups (broad SMARTS) is 1. The number of nitrogens with one attached hydrogen (secondary N) is 3. The molecule has 0 aliphatic carbocycles. The van der Waals surface area contributed by atoms with Gasteiger partial charge in [-0.3, -0.25) is 24.0 Å². The number of hydrogen-bond acceptors (Lipinski definition) is 8. The van der Waals surface area contributed by atoms with E-state index in [4.69, 9.17) is 16.1 Å². The molecule has 0 aliphatic rings. The summed E-state index contributed by atoms with van der Waals surface area (Å²) in [7, 11) is 1.25. The van der Waals surface area contributed by atoms with E-state index >= 15 is 0 Å². The molecule has 0 fully saturated rings. The summed E-state index contributed by atoms with van der Waals surface area (Å²) < 4.78 is 5.75. The van der Waals surface area contributed by atoms with Gasteiger partial charge in [-0.05, 0) is 20.1 Å². The van der Waals surface area contributed by atoms with E-state index in [0.717, 1.165) is 0 Å². The number of ketones is 1. The Morgan fingerprint density at radius 3 is 1.89 bits per heavy atom. The summed E-state index contributed by atoms with van der Waals surface area (Å²) in [6.45, 7) is 3.84. The fourth-order valence-electron chi connectivity index (χ4n) is 1.74. The minimum Gasteiger partial charge on any atom is -0.481 e. The normalized spacial score (nSPS) is 12.5. The van der Waals surface area contributed by atoms with E-state index in [1.165, 1.54) is 39.9 Å². The van der Waals surface area contributed by atoms with Gasteiger partial charge in [0, 0.05) is 14.0 Å². The van der Waals surface area contributed by atoms with Gasteiger partial charge in [0.05, 0.1) is 12.5 Å². The molecule has 0 spiro atoms. The van der Waals surface area contributed by atoms with Crippen LogP contribution in [0.2, 0.25) is 0 Å². The molecule has 12 heteroatoms. The number of carbonyl (C=O) groups is 5. The molecule has 0 aromatic carbocycles. The van der Waals surface area contributed by atoms with Crippen molar-refractivity contribution in [1.82, 2.24) is 16.0 Å². The van der Waals surface area contributed by atoms with Crippen LogP contribution in [0, 0.1) is 0 Å². The molecule has 160 valence electrons. The number of Topliss-reactive ketones (excluding diaryl/α,β-unsaturated/α-hetero) is 1. The molecule has 0 heterocycles. The lowest BCUT2D eigenvalue weighted by molar-refractivity contribution is -0.191. The third-order valence-corrected chi connectivity index (χ3v) is 3.63. The van der Waals surface area contributed by atoms with E-state index in [1.807, 2.05) is 0 Å². The van der Waals surface area contributed by atoms with Crippen LogP contribution in [0.3, 0.4) is 0 Å². The monoisotopic (exact) mass is 422 g/mol. The average molecular weight is 422 g/mol. The zero-order chi connectivity index (χ0) is 23.6. The van der Waals surface area contributed by atoms with Crippen LogP contribution < -0.4 is 16.0 Å². The molecule has 3 atom stereocenters. The van der Waals surface area contributed by atoms with Crippen molar-refractivity contribution in [3.8, 4) is 0 Å². The van der Waals surface area contributed by atoms with Crippen LogP contribution in [0.1, 0.15) is 36.0 Å². The summed E-state index contributed by atoms with van der Waals surface area (Å²) >= 11 is 1.35. The molecule has 0 aromatic heterocycles. The second-order valence-electron chi connectivity index (χ2n) is 5.29. The molecule has 0 aliphatic heterocycles. The standard InChI is InChI=1S/C14H23N3O6S.CO2.CH4/c1-7(13(22)17-10(8(2)18)5-12(20)21)15-14(23)11(6-24-4)16-9(3)19;2-1-3;/h7,10-11H,5-6H2,1-4H3,(H,15,23)(H,16,19)(H,17,22)(H,20,21);;1H4/t7-,10-,11-;;/m0../s1/i;;1D. The highest BCUT2D eigenvalue weighted by atomic mass is 32.2. The zero-order valence-electron chi connectivity index (χ0n) is 17.4. The van der Waals surface area contributed by atoms with Crippen molar-refractivity contribution in [3.63, 3.8) is 0 Å². The van der Waals surface area contributed by atoms with E-state index < -0.39 is 48.1 Å². The van der Waals surface area contributed by atoms with Gasteiger partial charge in [0.2, 0.25) is 17.7 Å². The van der Waals surface area contributed by atoms with Gasteiger partial charge < -0.3 is 21.1 Å². The fraction of sp³-hybridized carbons (Fsp3) is 0.625. The molecule has 0 aromatic rings. The Kier molecular flexibility index (Phi) is 16.2. The minimum atomic E-state index is -1.22. The molecule has 0 saturated heterocycles. The Morgan fingerprint density at radius 1 is 1.04 bits per heavy atom. The van der Waals surface area contributed by atoms with Crippen LogP contribution in [0.25, 0.3) is 0 Å². The Hall–Kier alpha value is -2.72. The summed E-state index contributed by atoms with van der Waals surface area (Å²) in [5, 5.41) is 15.9. The van der Waals surface area contributed by atoms with Gasteiger partial charge >= 0.3 is 12.1 Å². The second-order valence-corrected chi connectivity index (χ2v) is 6.20. The molecule has 0 radical (unpaired) electrons. The first-order chi connectivity index (χ1) is 13.5.